The zero-order chi connectivity index (χ0) is 11.3. The lowest BCUT2D eigenvalue weighted by molar-refractivity contribution is 0.172. The fourth-order valence-electron chi connectivity index (χ4n) is 1.17. The molecule has 1 N–H and O–H groups in total. The van der Waals surface area contributed by atoms with Crippen LogP contribution in [0.5, 0.6) is 0 Å². The van der Waals surface area contributed by atoms with E-state index in [-0.39, 0.29) is 12.4 Å². The Morgan fingerprint density at radius 2 is 2.25 bits per heavy atom. The second kappa shape index (κ2) is 7.84. The number of thiazole rings is 1. The van der Waals surface area contributed by atoms with Crippen molar-refractivity contribution in [1.82, 2.24) is 10.3 Å². The molecule has 0 saturated carbocycles. The Labute approximate surface area is 107 Å². The Bertz CT molecular complexity index is 293. The summed E-state index contributed by atoms with van der Waals surface area (Å²) in [4.78, 5) is 7.58. The molecule has 0 saturated heterocycles. The van der Waals surface area contributed by atoms with E-state index in [4.69, 9.17) is 4.74 Å². The molecule has 1 aromatic rings. The lowest BCUT2D eigenvalue weighted by Gasteiger charge is -2.11. The van der Waals surface area contributed by atoms with Gasteiger partial charge in [-0.05, 0) is 6.92 Å². The van der Waals surface area contributed by atoms with Crippen molar-refractivity contribution in [2.45, 2.75) is 19.5 Å². The summed E-state index contributed by atoms with van der Waals surface area (Å²) < 4.78 is 5.05. The Kier molecular flexibility index (Phi) is 7.66. The molecule has 0 aliphatic heterocycles. The molecule has 0 amide bonds. The Morgan fingerprint density at radius 3 is 2.75 bits per heavy atom. The maximum absolute atomic E-state index is 5.05. The molecule has 94 valence electrons. The van der Waals surface area contributed by atoms with Crippen molar-refractivity contribution < 1.29 is 4.74 Å². The molecule has 1 atom stereocenters. The number of hydrogen-bond donors (Lipinski definition) is 1. The van der Waals surface area contributed by atoms with Gasteiger partial charge in [0.15, 0.2) is 5.13 Å². The van der Waals surface area contributed by atoms with Crippen LogP contribution in [0.4, 0.5) is 5.13 Å². The van der Waals surface area contributed by atoms with Crippen LogP contribution in [0.2, 0.25) is 0 Å². The number of aromatic nitrogens is 1. The molecule has 0 aliphatic rings. The molecule has 0 spiro atoms. The van der Waals surface area contributed by atoms with Crippen LogP contribution in [0.3, 0.4) is 0 Å². The van der Waals surface area contributed by atoms with Gasteiger partial charge in [-0.1, -0.05) is 0 Å². The predicted molar refractivity (Wildman–Crippen MR) is 71.9 cm³/mol. The third-order valence-electron chi connectivity index (χ3n) is 1.97. The van der Waals surface area contributed by atoms with Gasteiger partial charge >= 0.3 is 0 Å². The summed E-state index contributed by atoms with van der Waals surface area (Å²) >= 11 is 1.71. The fourth-order valence-corrected chi connectivity index (χ4v) is 1.95. The van der Waals surface area contributed by atoms with Gasteiger partial charge < -0.3 is 15.0 Å². The molecule has 6 heteroatoms. The Hall–Kier alpha value is -0.360. The lowest BCUT2D eigenvalue weighted by atomic mass is 10.3. The summed E-state index contributed by atoms with van der Waals surface area (Å²) in [6.45, 7) is 3.70. The summed E-state index contributed by atoms with van der Waals surface area (Å²) in [6, 6.07) is 0.375. The molecule has 1 unspecified atom stereocenters. The minimum atomic E-state index is 0. The van der Waals surface area contributed by atoms with E-state index < -0.39 is 0 Å². The van der Waals surface area contributed by atoms with Gasteiger partial charge in [0.2, 0.25) is 0 Å². The number of halogens is 1. The zero-order valence-electron chi connectivity index (χ0n) is 10.2. The second-order valence-electron chi connectivity index (χ2n) is 3.74. The van der Waals surface area contributed by atoms with Gasteiger partial charge in [-0.15, -0.1) is 23.7 Å². The smallest absolute Gasteiger partial charge is 0.185 e. The second-order valence-corrected chi connectivity index (χ2v) is 4.83. The monoisotopic (exact) mass is 265 g/mol. The summed E-state index contributed by atoms with van der Waals surface area (Å²) in [5.41, 5.74) is 0. The molecule has 0 aromatic carbocycles. The number of hydrogen-bond acceptors (Lipinski definition) is 5. The van der Waals surface area contributed by atoms with Gasteiger partial charge in [0.1, 0.15) is 0 Å². The first-order valence-electron chi connectivity index (χ1n) is 4.98. The molecule has 1 heterocycles. The maximum Gasteiger partial charge on any atom is 0.185 e. The number of nitrogens with one attached hydrogen (secondary N) is 1. The minimum absolute atomic E-state index is 0. The van der Waals surface area contributed by atoms with E-state index in [2.05, 4.69) is 17.2 Å². The molecule has 0 fully saturated rings. The summed E-state index contributed by atoms with van der Waals surface area (Å²) in [6.07, 6.45) is 1.92. The molecule has 4 nitrogen and oxygen atoms in total. The van der Waals surface area contributed by atoms with Crippen molar-refractivity contribution in [3.8, 4) is 0 Å². The van der Waals surface area contributed by atoms with E-state index >= 15 is 0 Å². The van der Waals surface area contributed by atoms with Gasteiger partial charge in [-0.25, -0.2) is 4.98 Å². The van der Waals surface area contributed by atoms with Crippen molar-refractivity contribution in [1.29, 1.82) is 0 Å². The highest BCUT2D eigenvalue weighted by Gasteiger charge is 2.05. The van der Waals surface area contributed by atoms with Crippen LogP contribution in [0.25, 0.3) is 0 Å². The van der Waals surface area contributed by atoms with Crippen LogP contribution >= 0.6 is 23.7 Å². The first-order chi connectivity index (χ1) is 7.13. The molecule has 16 heavy (non-hydrogen) atoms. The van der Waals surface area contributed by atoms with Crippen LogP contribution in [-0.2, 0) is 11.3 Å². The van der Waals surface area contributed by atoms with E-state index in [1.165, 1.54) is 4.88 Å². The third-order valence-corrected chi connectivity index (χ3v) is 3.13. The largest absolute Gasteiger partial charge is 0.383 e. The van der Waals surface area contributed by atoms with Crippen LogP contribution in [-0.4, -0.2) is 38.8 Å². The van der Waals surface area contributed by atoms with Gasteiger partial charge in [0, 0.05) is 44.9 Å². The molecule has 0 bridgehead atoms. The van der Waals surface area contributed by atoms with Crippen LogP contribution in [0, 0.1) is 0 Å². The Balaban J connectivity index is 0.00000225. The molecule has 1 aromatic heterocycles. The molecular weight excluding hydrogens is 246 g/mol. The van der Waals surface area contributed by atoms with Crippen molar-refractivity contribution in [3.63, 3.8) is 0 Å². The number of rotatable bonds is 6. The molecule has 0 radical (unpaired) electrons. The summed E-state index contributed by atoms with van der Waals surface area (Å²) in [5, 5.41) is 4.43. The first kappa shape index (κ1) is 15.6. The summed E-state index contributed by atoms with van der Waals surface area (Å²) in [5.74, 6) is 0. The lowest BCUT2D eigenvalue weighted by Crippen LogP contribution is -2.29. The highest BCUT2D eigenvalue weighted by molar-refractivity contribution is 7.15. The van der Waals surface area contributed by atoms with E-state index in [9.17, 15) is 0 Å². The summed E-state index contributed by atoms with van der Waals surface area (Å²) in [7, 11) is 5.72. The Morgan fingerprint density at radius 1 is 1.56 bits per heavy atom. The standard InChI is InChI=1S/C10H19N3OS.ClH/c1-8(7-14-4)11-5-9-6-12-10(15-9)13(2)3;/h6,8,11H,5,7H2,1-4H3;1H. The predicted octanol–water partition coefficient (Wildman–Crippen LogP) is 1.76. The van der Waals surface area contributed by atoms with Crippen LogP contribution in [0.1, 0.15) is 11.8 Å². The van der Waals surface area contributed by atoms with Gasteiger partial charge in [-0.2, -0.15) is 0 Å². The minimum Gasteiger partial charge on any atom is -0.383 e. The van der Waals surface area contributed by atoms with Gasteiger partial charge in [-0.3, -0.25) is 0 Å². The third kappa shape index (κ3) is 5.12. The fraction of sp³-hybridized carbons (Fsp3) is 0.700. The van der Waals surface area contributed by atoms with Crippen LogP contribution in [0.15, 0.2) is 6.20 Å². The van der Waals surface area contributed by atoms with E-state index in [0.29, 0.717) is 6.04 Å². The normalized spacial score (nSPS) is 12.0. The van der Waals surface area contributed by atoms with E-state index in [1.54, 1.807) is 18.4 Å². The topological polar surface area (TPSA) is 37.4 Å². The quantitative estimate of drug-likeness (QED) is 0.851. The SMILES string of the molecule is COCC(C)NCc1cnc(N(C)C)s1.Cl. The number of ether oxygens (including phenoxy) is 1. The van der Waals surface area contributed by atoms with Crippen molar-refractivity contribution in [2.75, 3.05) is 32.7 Å². The number of methoxy groups -OCH3 is 1. The highest BCUT2D eigenvalue weighted by Crippen LogP contribution is 2.19. The van der Waals surface area contributed by atoms with Crippen molar-refractivity contribution in [2.24, 2.45) is 0 Å². The van der Waals surface area contributed by atoms with Crippen molar-refractivity contribution in [3.05, 3.63) is 11.1 Å². The highest BCUT2D eigenvalue weighted by atomic mass is 35.5. The van der Waals surface area contributed by atoms with Crippen molar-refractivity contribution >= 4 is 28.9 Å². The van der Waals surface area contributed by atoms with E-state index in [1.807, 2.05) is 25.2 Å². The van der Waals surface area contributed by atoms with Gasteiger partial charge in [0.05, 0.1) is 6.61 Å². The molecule has 0 aliphatic carbocycles. The van der Waals surface area contributed by atoms with Crippen LogP contribution < -0.4 is 10.2 Å². The number of anilines is 1. The average molecular weight is 266 g/mol. The van der Waals surface area contributed by atoms with Gasteiger partial charge in [0.25, 0.3) is 0 Å². The van der Waals surface area contributed by atoms with E-state index in [0.717, 1.165) is 18.3 Å². The maximum atomic E-state index is 5.05. The average Bonchev–Trinajstić information content (AvgIpc) is 2.63. The number of nitrogens with zero attached hydrogens (tertiary/aromatic N) is 2. The first-order valence-corrected chi connectivity index (χ1v) is 5.79. The molecular formula is C10H20ClN3OS. The zero-order valence-corrected chi connectivity index (χ0v) is 11.8. The molecule has 1 rings (SSSR count).